The molecule has 0 bridgehead atoms. The predicted molar refractivity (Wildman–Crippen MR) is 121 cm³/mol. The van der Waals surface area contributed by atoms with Crippen molar-refractivity contribution >= 4 is 40.0 Å². The van der Waals surface area contributed by atoms with Crippen LogP contribution in [0.1, 0.15) is 10.4 Å². The highest BCUT2D eigenvalue weighted by Crippen LogP contribution is 2.32. The van der Waals surface area contributed by atoms with Crippen LogP contribution in [0.15, 0.2) is 66.7 Å². The summed E-state index contributed by atoms with van der Waals surface area (Å²) in [6.07, 6.45) is 0. The minimum atomic E-state index is -0.979. The molecule has 3 aromatic carbocycles. The van der Waals surface area contributed by atoms with E-state index in [0.29, 0.717) is 21.6 Å². The topological polar surface area (TPSA) is 94.3 Å². The van der Waals surface area contributed by atoms with E-state index in [1.165, 1.54) is 18.2 Å². The first kappa shape index (κ1) is 22.2. The Morgan fingerprint density at radius 2 is 1.70 bits per heavy atom. The van der Waals surface area contributed by atoms with Crippen molar-refractivity contribution in [1.29, 1.82) is 0 Å². The molecule has 4 aromatic rings. The van der Waals surface area contributed by atoms with Gasteiger partial charge in [-0.15, -0.1) is 0 Å². The third kappa shape index (κ3) is 4.91. The van der Waals surface area contributed by atoms with Gasteiger partial charge in [0.2, 0.25) is 0 Å². The number of halogens is 3. The second-order valence-electron chi connectivity index (χ2n) is 7.05. The van der Waals surface area contributed by atoms with Crippen LogP contribution in [0.5, 0.6) is 5.75 Å². The van der Waals surface area contributed by atoms with Gasteiger partial charge in [0.15, 0.2) is 6.61 Å². The normalized spacial score (nSPS) is 10.8. The second-order valence-corrected chi connectivity index (χ2v) is 7.49. The third-order valence-corrected chi connectivity index (χ3v) is 4.98. The van der Waals surface area contributed by atoms with Crippen LogP contribution < -0.4 is 15.8 Å². The van der Waals surface area contributed by atoms with Crippen LogP contribution in [-0.4, -0.2) is 23.4 Å². The Hall–Kier alpha value is -4.04. The molecule has 0 aliphatic carbocycles. The smallest absolute Gasteiger partial charge is 0.261 e. The summed E-state index contributed by atoms with van der Waals surface area (Å²) in [4.78, 5) is 28.3. The summed E-state index contributed by atoms with van der Waals surface area (Å²) in [5, 5.41) is 3.49. The Balaban J connectivity index is 1.74. The molecule has 0 saturated carbocycles. The van der Waals surface area contributed by atoms with Crippen molar-refractivity contribution in [2.45, 2.75) is 0 Å². The predicted octanol–water partition coefficient (Wildman–Crippen LogP) is 4.95. The lowest BCUT2D eigenvalue weighted by Gasteiger charge is -2.13. The van der Waals surface area contributed by atoms with Gasteiger partial charge in [0.05, 0.1) is 11.2 Å². The molecule has 2 amide bonds. The summed E-state index contributed by atoms with van der Waals surface area (Å²) >= 11 is 5.95. The molecule has 0 aliphatic rings. The molecule has 6 nitrogen and oxygen atoms in total. The monoisotopic (exact) mass is 467 g/mol. The van der Waals surface area contributed by atoms with Crippen molar-refractivity contribution < 1.29 is 23.1 Å². The van der Waals surface area contributed by atoms with Crippen molar-refractivity contribution in [1.82, 2.24) is 4.98 Å². The van der Waals surface area contributed by atoms with Gasteiger partial charge in [-0.3, -0.25) is 9.59 Å². The molecule has 0 atom stereocenters. The van der Waals surface area contributed by atoms with Gasteiger partial charge >= 0.3 is 0 Å². The minimum absolute atomic E-state index is 0.250. The third-order valence-electron chi connectivity index (χ3n) is 4.73. The number of hydrogen-bond acceptors (Lipinski definition) is 4. The van der Waals surface area contributed by atoms with Crippen LogP contribution in [0.3, 0.4) is 0 Å². The summed E-state index contributed by atoms with van der Waals surface area (Å²) in [7, 11) is 0. The number of benzene rings is 3. The average molecular weight is 468 g/mol. The highest BCUT2D eigenvalue weighted by atomic mass is 35.5. The molecule has 3 N–H and O–H groups in total. The number of carbonyl (C=O) groups is 2. The Morgan fingerprint density at radius 3 is 2.36 bits per heavy atom. The van der Waals surface area contributed by atoms with Gasteiger partial charge in [0.25, 0.3) is 11.8 Å². The average Bonchev–Trinajstić information content (AvgIpc) is 2.77. The fraction of sp³-hybridized carbons (Fsp3) is 0.0417. The van der Waals surface area contributed by atoms with E-state index in [9.17, 15) is 18.4 Å². The van der Waals surface area contributed by atoms with Crippen molar-refractivity contribution in [3.8, 4) is 17.0 Å². The first-order valence-electron chi connectivity index (χ1n) is 9.69. The van der Waals surface area contributed by atoms with Gasteiger partial charge < -0.3 is 15.8 Å². The number of rotatable bonds is 6. The van der Waals surface area contributed by atoms with Crippen molar-refractivity contribution in [2.75, 3.05) is 11.9 Å². The van der Waals surface area contributed by atoms with E-state index in [1.807, 2.05) is 0 Å². The maximum atomic E-state index is 13.9. The quantitative estimate of drug-likeness (QED) is 0.419. The first-order chi connectivity index (χ1) is 15.8. The van der Waals surface area contributed by atoms with Gasteiger partial charge in [0.1, 0.15) is 22.9 Å². The van der Waals surface area contributed by atoms with E-state index < -0.39 is 29.0 Å². The minimum Gasteiger partial charge on any atom is -0.483 e. The maximum Gasteiger partial charge on any atom is 0.261 e. The lowest BCUT2D eigenvalue weighted by Crippen LogP contribution is -2.20. The molecule has 0 aliphatic heterocycles. The van der Waals surface area contributed by atoms with Crippen LogP contribution in [0.4, 0.5) is 14.5 Å². The highest BCUT2D eigenvalue weighted by molar-refractivity contribution is 6.30. The first-order valence-corrected chi connectivity index (χ1v) is 10.1. The number of nitrogens with two attached hydrogens (primary N) is 1. The van der Waals surface area contributed by atoms with Crippen LogP contribution in [-0.2, 0) is 4.79 Å². The zero-order valence-electron chi connectivity index (χ0n) is 16.9. The molecule has 166 valence electrons. The SMILES string of the molecule is NC(=O)COc1cc(-c2ccc(Cl)cc2)nc2ccc(NC(=O)c3c(F)cccc3F)cc12. The molecule has 0 unspecified atom stereocenters. The summed E-state index contributed by atoms with van der Waals surface area (Å²) in [6, 6.07) is 16.5. The number of nitrogens with one attached hydrogen (secondary N) is 1. The molecule has 9 heteroatoms. The van der Waals surface area contributed by atoms with Crippen LogP contribution in [0, 0.1) is 11.6 Å². The molecule has 1 aromatic heterocycles. The Labute approximate surface area is 192 Å². The van der Waals surface area contributed by atoms with Gasteiger partial charge in [-0.1, -0.05) is 29.8 Å². The Morgan fingerprint density at radius 1 is 1.00 bits per heavy atom. The van der Waals surface area contributed by atoms with Crippen LogP contribution in [0.25, 0.3) is 22.2 Å². The zero-order valence-corrected chi connectivity index (χ0v) is 17.7. The van der Waals surface area contributed by atoms with Crippen LogP contribution in [0.2, 0.25) is 5.02 Å². The Bertz CT molecular complexity index is 1360. The number of hydrogen-bond donors (Lipinski definition) is 2. The van der Waals surface area contributed by atoms with Gasteiger partial charge in [-0.2, -0.15) is 0 Å². The van der Waals surface area contributed by atoms with Crippen LogP contribution >= 0.6 is 11.6 Å². The lowest BCUT2D eigenvalue weighted by molar-refractivity contribution is -0.119. The van der Waals surface area contributed by atoms with Crippen molar-refractivity contribution in [3.05, 3.63) is 89.0 Å². The Kier molecular flexibility index (Phi) is 6.19. The molecule has 1 heterocycles. The maximum absolute atomic E-state index is 13.9. The summed E-state index contributed by atoms with van der Waals surface area (Å²) in [6.45, 7) is -0.379. The number of fused-ring (bicyclic) bond motifs is 1. The number of amides is 2. The van der Waals surface area contributed by atoms with E-state index in [0.717, 1.165) is 17.7 Å². The highest BCUT2D eigenvalue weighted by Gasteiger charge is 2.18. The number of carbonyl (C=O) groups excluding carboxylic acids is 2. The molecule has 0 saturated heterocycles. The number of ether oxygens (including phenoxy) is 1. The molecule has 0 radical (unpaired) electrons. The van der Waals surface area contributed by atoms with Crippen molar-refractivity contribution in [3.63, 3.8) is 0 Å². The molecule has 4 rings (SSSR count). The molecular formula is C24H16ClF2N3O3. The standard InChI is InChI=1S/C24H16ClF2N3O3/c25-14-6-4-13(5-7-14)20-11-21(33-12-22(28)31)16-10-15(8-9-19(16)30-20)29-24(32)23-17(26)2-1-3-18(23)27/h1-11H,12H2,(H2,28,31)(H,29,32). The lowest BCUT2D eigenvalue weighted by atomic mass is 10.1. The number of aromatic nitrogens is 1. The second kappa shape index (κ2) is 9.22. The van der Waals surface area contributed by atoms with E-state index in [4.69, 9.17) is 22.1 Å². The number of primary amides is 1. The van der Waals surface area contributed by atoms with Gasteiger partial charge in [0, 0.05) is 27.7 Å². The fourth-order valence-electron chi connectivity index (χ4n) is 3.22. The van der Waals surface area contributed by atoms with Gasteiger partial charge in [-0.25, -0.2) is 13.8 Å². The molecule has 0 spiro atoms. The van der Waals surface area contributed by atoms with E-state index in [-0.39, 0.29) is 18.0 Å². The number of anilines is 1. The molecular weight excluding hydrogens is 452 g/mol. The molecule has 0 fully saturated rings. The zero-order chi connectivity index (χ0) is 23.5. The summed E-state index contributed by atoms with van der Waals surface area (Å²) < 4.78 is 33.5. The number of pyridine rings is 1. The summed E-state index contributed by atoms with van der Waals surface area (Å²) in [5.41, 5.74) is 6.59. The largest absolute Gasteiger partial charge is 0.483 e. The van der Waals surface area contributed by atoms with E-state index in [1.54, 1.807) is 36.4 Å². The summed E-state index contributed by atoms with van der Waals surface area (Å²) in [5.74, 6) is -3.29. The van der Waals surface area contributed by atoms with E-state index >= 15 is 0 Å². The number of nitrogens with zero attached hydrogens (tertiary/aromatic N) is 1. The van der Waals surface area contributed by atoms with Gasteiger partial charge in [-0.05, 0) is 42.5 Å². The molecule has 33 heavy (non-hydrogen) atoms. The van der Waals surface area contributed by atoms with E-state index in [2.05, 4.69) is 10.3 Å². The van der Waals surface area contributed by atoms with Crippen molar-refractivity contribution in [2.24, 2.45) is 5.73 Å². The fourth-order valence-corrected chi connectivity index (χ4v) is 3.34.